The number of hydrogen-bond acceptors (Lipinski definition) is 27. The zero-order valence-electron chi connectivity index (χ0n) is 34.6. The monoisotopic (exact) mass is 938 g/mol. The molecule has 6 heterocycles. The van der Waals surface area contributed by atoms with Crippen molar-refractivity contribution >= 4 is 0 Å². The first kappa shape index (κ1) is 52.0. The molecule has 0 unspecified atom stereocenters. The standard InChI is InChI=1S/C37H62O27/c1-4-5-53-32-25(51)21(47)27(14(6-38)58-32)61-37-31(64-34-24(50)19(45)13(41)9-55-34)29(17(43)11(3)57-37)62-35-26(52)22(48)28(15(7-39)59-35)60-36-30(20(46)16(42)10(2)56-36)63-33-23(49)18(44)12(40)8-54-33/h4,10-52H,1,5-9H2,2-3H3/t10-,11-,12-,13-,14+,15+,16-,17-,18+,19+,20+,21+,22+,23-,24-,25-,26-,27+,28+,29+,30+,31+,32-,33+,34+,35+,36-,37-/m0/s1. The van der Waals surface area contributed by atoms with Crippen LogP contribution in [0.5, 0.6) is 0 Å². The summed E-state index contributed by atoms with van der Waals surface area (Å²) in [7, 11) is 0. The predicted molar refractivity (Wildman–Crippen MR) is 198 cm³/mol. The lowest BCUT2D eigenvalue weighted by atomic mass is 9.95. The van der Waals surface area contributed by atoms with E-state index < -0.39 is 198 Å². The maximum atomic E-state index is 11.5. The van der Waals surface area contributed by atoms with E-state index in [9.17, 15) is 76.6 Å². The summed E-state index contributed by atoms with van der Waals surface area (Å²) < 4.78 is 68.9. The fraction of sp³-hybridized carbons (Fsp3) is 0.946. The lowest BCUT2D eigenvalue weighted by Crippen LogP contribution is -2.68. The molecule has 0 amide bonds. The first-order chi connectivity index (χ1) is 30.3. The summed E-state index contributed by atoms with van der Waals surface area (Å²) in [6.45, 7) is 3.25. The molecular formula is C37H62O27. The van der Waals surface area contributed by atoms with Gasteiger partial charge >= 0.3 is 0 Å². The number of hydrogen-bond donors (Lipinski definition) is 15. The van der Waals surface area contributed by atoms with Gasteiger partial charge in [-0.3, -0.25) is 0 Å². The van der Waals surface area contributed by atoms with E-state index in [4.69, 9.17) is 56.8 Å². The van der Waals surface area contributed by atoms with Crippen molar-refractivity contribution in [3.8, 4) is 0 Å². The van der Waals surface area contributed by atoms with Gasteiger partial charge in [0.1, 0.15) is 122 Å². The Labute approximate surface area is 364 Å². The largest absolute Gasteiger partial charge is 0.394 e. The van der Waals surface area contributed by atoms with E-state index in [1.165, 1.54) is 19.9 Å². The smallest absolute Gasteiger partial charge is 0.187 e. The first-order valence-electron chi connectivity index (χ1n) is 20.7. The number of aliphatic hydroxyl groups is 15. The third-order valence-corrected chi connectivity index (χ3v) is 11.9. The van der Waals surface area contributed by atoms with Crippen LogP contribution < -0.4 is 0 Å². The van der Waals surface area contributed by atoms with Crippen molar-refractivity contribution in [2.75, 3.05) is 33.0 Å². The van der Waals surface area contributed by atoms with Crippen molar-refractivity contribution in [1.82, 2.24) is 0 Å². The van der Waals surface area contributed by atoms with E-state index in [0.717, 1.165) is 0 Å². The molecule has 28 atom stereocenters. The third kappa shape index (κ3) is 10.9. The van der Waals surface area contributed by atoms with Crippen LogP contribution >= 0.6 is 0 Å². The summed E-state index contributed by atoms with van der Waals surface area (Å²) in [6, 6.07) is 0. The van der Waals surface area contributed by atoms with Crippen LogP contribution in [0.2, 0.25) is 0 Å². The van der Waals surface area contributed by atoms with Gasteiger partial charge in [-0.05, 0) is 13.8 Å². The van der Waals surface area contributed by atoms with Crippen molar-refractivity contribution in [3.05, 3.63) is 12.7 Å². The van der Waals surface area contributed by atoms with E-state index in [1.54, 1.807) is 0 Å². The van der Waals surface area contributed by atoms with E-state index in [0.29, 0.717) is 0 Å². The number of rotatable bonds is 15. The Morgan fingerprint density at radius 1 is 0.422 bits per heavy atom. The van der Waals surface area contributed by atoms with Gasteiger partial charge in [0.05, 0.1) is 45.2 Å². The molecule has 372 valence electrons. The predicted octanol–water partition coefficient (Wildman–Crippen LogP) is -9.56. The van der Waals surface area contributed by atoms with Gasteiger partial charge in [-0.25, -0.2) is 0 Å². The fourth-order valence-electron chi connectivity index (χ4n) is 8.08. The van der Waals surface area contributed by atoms with Crippen LogP contribution in [-0.4, -0.2) is 282 Å². The van der Waals surface area contributed by atoms with Gasteiger partial charge < -0.3 is 133 Å². The first-order valence-corrected chi connectivity index (χ1v) is 20.7. The van der Waals surface area contributed by atoms with E-state index in [1.807, 2.05) is 0 Å². The molecule has 15 N–H and O–H groups in total. The van der Waals surface area contributed by atoms with Gasteiger partial charge in [-0.1, -0.05) is 6.08 Å². The van der Waals surface area contributed by atoms with Gasteiger partial charge in [0.25, 0.3) is 0 Å². The molecule has 6 fully saturated rings. The minimum absolute atomic E-state index is 0.110. The Hall–Kier alpha value is -1.34. The molecule has 0 saturated carbocycles. The van der Waals surface area contributed by atoms with Crippen molar-refractivity contribution in [3.63, 3.8) is 0 Å². The van der Waals surface area contributed by atoms with E-state index in [2.05, 4.69) is 6.58 Å². The molecule has 0 radical (unpaired) electrons. The highest BCUT2D eigenvalue weighted by molar-refractivity contribution is 4.99. The second-order valence-corrected chi connectivity index (χ2v) is 16.4. The Kier molecular flexibility index (Phi) is 18.2. The lowest BCUT2D eigenvalue weighted by Gasteiger charge is -2.50. The summed E-state index contributed by atoms with van der Waals surface area (Å²) in [5.41, 5.74) is 0. The molecule has 6 aliphatic rings. The van der Waals surface area contributed by atoms with Crippen molar-refractivity contribution in [1.29, 1.82) is 0 Å². The second kappa shape index (κ2) is 22.4. The van der Waals surface area contributed by atoms with Crippen molar-refractivity contribution in [2.45, 2.75) is 186 Å². The normalized spacial score (nSPS) is 52.9. The topological polar surface area (TPSA) is 414 Å². The van der Waals surface area contributed by atoms with Crippen LogP contribution in [0.25, 0.3) is 0 Å². The van der Waals surface area contributed by atoms with Crippen LogP contribution in [0, 0.1) is 0 Å². The van der Waals surface area contributed by atoms with Gasteiger partial charge in [-0.15, -0.1) is 6.58 Å². The van der Waals surface area contributed by atoms with Crippen LogP contribution in [0.1, 0.15) is 13.8 Å². The minimum atomic E-state index is -2.14. The molecule has 0 spiro atoms. The van der Waals surface area contributed by atoms with Gasteiger partial charge in [0, 0.05) is 0 Å². The highest BCUT2D eigenvalue weighted by atomic mass is 16.8. The highest BCUT2D eigenvalue weighted by Gasteiger charge is 2.57. The van der Waals surface area contributed by atoms with E-state index in [-0.39, 0.29) is 6.61 Å². The van der Waals surface area contributed by atoms with Crippen LogP contribution in [0.4, 0.5) is 0 Å². The van der Waals surface area contributed by atoms with Crippen molar-refractivity contribution in [2.24, 2.45) is 0 Å². The maximum Gasteiger partial charge on any atom is 0.187 e. The Balaban J connectivity index is 1.24. The molecular weight excluding hydrogens is 876 g/mol. The molecule has 6 rings (SSSR count). The highest BCUT2D eigenvalue weighted by Crippen LogP contribution is 2.37. The Bertz CT molecular complexity index is 1450. The van der Waals surface area contributed by atoms with Gasteiger partial charge in [0.15, 0.2) is 37.7 Å². The maximum absolute atomic E-state index is 11.5. The summed E-state index contributed by atoms with van der Waals surface area (Å²) in [5, 5.41) is 161. The van der Waals surface area contributed by atoms with E-state index >= 15 is 0 Å². The molecule has 0 bridgehead atoms. The summed E-state index contributed by atoms with van der Waals surface area (Å²) in [4.78, 5) is 0. The van der Waals surface area contributed by atoms with Crippen LogP contribution in [-0.2, 0) is 56.8 Å². The third-order valence-electron chi connectivity index (χ3n) is 11.9. The fourth-order valence-corrected chi connectivity index (χ4v) is 8.08. The molecule has 64 heavy (non-hydrogen) atoms. The molecule has 27 nitrogen and oxygen atoms in total. The quantitative estimate of drug-likeness (QED) is 0.0678. The van der Waals surface area contributed by atoms with Crippen LogP contribution in [0.3, 0.4) is 0 Å². The zero-order valence-corrected chi connectivity index (χ0v) is 34.6. The average molecular weight is 939 g/mol. The Morgan fingerprint density at radius 2 is 0.812 bits per heavy atom. The van der Waals surface area contributed by atoms with Crippen molar-refractivity contribution < 1.29 is 133 Å². The van der Waals surface area contributed by atoms with Gasteiger partial charge in [-0.2, -0.15) is 0 Å². The minimum Gasteiger partial charge on any atom is -0.394 e. The summed E-state index contributed by atoms with van der Waals surface area (Å²) in [6.07, 6.45) is -46.9. The molecule has 6 saturated heterocycles. The SMILES string of the molecule is C=CCO[C@H]1O[C@H](CO)[C@@H](O[C@@H]2O[C@@H](C)[C@H](O)[C@@H](O[C@H]3O[C@H](CO)[C@@H](O[C@@H]4O[C@@H](C)[C@H](O)[C@@H](O)[C@H]4O[C@H]4OC[C@H](O)[C@@H](O)[C@@H]4O)[C@H](O)[C@@H]3O)[C@H]2O[C@H]2OC[C@H](O)[C@@H](O)[C@@H]2O)[C@H](O)[C@@H]1O. The molecule has 0 aromatic carbocycles. The summed E-state index contributed by atoms with van der Waals surface area (Å²) in [5.74, 6) is 0. The van der Waals surface area contributed by atoms with Gasteiger partial charge in [0.2, 0.25) is 0 Å². The molecule has 27 heteroatoms. The second-order valence-electron chi connectivity index (χ2n) is 16.4. The molecule has 6 aliphatic heterocycles. The Morgan fingerprint density at radius 3 is 1.31 bits per heavy atom. The molecule has 0 aromatic heterocycles. The summed E-state index contributed by atoms with van der Waals surface area (Å²) >= 11 is 0. The lowest BCUT2D eigenvalue weighted by molar-refractivity contribution is -0.406. The average Bonchev–Trinajstić information content (AvgIpc) is 3.27. The zero-order chi connectivity index (χ0) is 46.9. The number of ether oxygens (including phenoxy) is 12. The molecule has 0 aromatic rings. The van der Waals surface area contributed by atoms with Crippen LogP contribution in [0.15, 0.2) is 12.7 Å². The molecule has 0 aliphatic carbocycles. The number of aliphatic hydroxyl groups excluding tert-OH is 15.